The predicted octanol–water partition coefficient (Wildman–Crippen LogP) is 2.91. The number of benzene rings is 1. The first-order valence-corrected chi connectivity index (χ1v) is 12.6. The van der Waals surface area contributed by atoms with Crippen LogP contribution in [-0.2, 0) is 10.2 Å². The SMILES string of the molecule is C[C@@H]1CN(c2nc(-c3cccc(F)c3F)ccc2C(=O)NS(=O)(=O)N2CC[C@H](N)C2)C(C)(C)C1.[HH]. The van der Waals surface area contributed by atoms with Gasteiger partial charge < -0.3 is 10.6 Å². The molecule has 8 nitrogen and oxygen atoms in total. The topological polar surface area (TPSA) is 109 Å². The van der Waals surface area contributed by atoms with Gasteiger partial charge in [0.15, 0.2) is 11.6 Å². The number of nitrogens with two attached hydrogens (primary N) is 1. The second-order valence-electron chi connectivity index (χ2n) is 9.74. The molecule has 186 valence electrons. The number of nitrogens with zero attached hydrogens (tertiary/aromatic N) is 3. The van der Waals surface area contributed by atoms with Gasteiger partial charge in [-0.05, 0) is 56.9 Å². The second kappa shape index (κ2) is 8.86. The average molecular weight is 496 g/mol. The third-order valence-corrected chi connectivity index (χ3v) is 7.88. The number of amides is 1. The highest BCUT2D eigenvalue weighted by Gasteiger charge is 2.40. The van der Waals surface area contributed by atoms with Crippen LogP contribution in [-0.4, -0.2) is 54.8 Å². The zero-order valence-electron chi connectivity index (χ0n) is 19.4. The van der Waals surface area contributed by atoms with E-state index in [2.05, 4.69) is 16.6 Å². The van der Waals surface area contributed by atoms with E-state index in [-0.39, 0.29) is 54.7 Å². The normalized spacial score (nSPS) is 22.8. The summed E-state index contributed by atoms with van der Waals surface area (Å²) in [6.45, 7) is 6.99. The lowest BCUT2D eigenvalue weighted by Gasteiger charge is -2.34. The molecule has 2 aromatic rings. The fourth-order valence-corrected chi connectivity index (χ4v) is 6.06. The molecule has 0 saturated carbocycles. The van der Waals surface area contributed by atoms with Crippen LogP contribution in [0.3, 0.4) is 0 Å². The van der Waals surface area contributed by atoms with Gasteiger partial charge in [0.2, 0.25) is 0 Å². The average Bonchev–Trinajstić information content (AvgIpc) is 3.31. The summed E-state index contributed by atoms with van der Waals surface area (Å²) in [5, 5.41) is 0. The number of pyridine rings is 1. The molecule has 2 aliphatic rings. The van der Waals surface area contributed by atoms with Crippen LogP contribution in [0.4, 0.5) is 14.6 Å². The summed E-state index contributed by atoms with van der Waals surface area (Å²) in [5.41, 5.74) is 5.57. The Hall–Kier alpha value is -2.63. The fourth-order valence-electron chi connectivity index (χ4n) is 4.85. The van der Waals surface area contributed by atoms with Crippen LogP contribution in [0, 0.1) is 17.6 Å². The summed E-state index contributed by atoms with van der Waals surface area (Å²) < 4.78 is 57.1. The van der Waals surface area contributed by atoms with Gasteiger partial charge in [-0.3, -0.25) is 4.79 Å². The van der Waals surface area contributed by atoms with Gasteiger partial charge in [0, 0.05) is 38.2 Å². The zero-order valence-corrected chi connectivity index (χ0v) is 20.2. The quantitative estimate of drug-likeness (QED) is 0.660. The number of aromatic nitrogens is 1. The van der Waals surface area contributed by atoms with Crippen molar-refractivity contribution in [1.29, 1.82) is 0 Å². The largest absolute Gasteiger partial charge is 0.351 e. The van der Waals surface area contributed by atoms with Crippen LogP contribution in [0.15, 0.2) is 30.3 Å². The van der Waals surface area contributed by atoms with E-state index in [9.17, 15) is 22.0 Å². The standard InChI is InChI=1S/C23H29F2N5O3S.H2/c1-14-11-23(2,3)30(12-14)21-17(22(31)28-34(32,33)29-10-9-15(26)13-29)7-8-19(27-21)16-5-4-6-18(24)20(16)25;/h4-8,14-15H,9-13,26H2,1-3H3,(H,28,31);1H/t14-,15-;/m0./s1. The van der Waals surface area contributed by atoms with E-state index in [0.717, 1.165) is 16.8 Å². The molecule has 1 aromatic heterocycles. The summed E-state index contributed by atoms with van der Waals surface area (Å²) in [6, 6.07) is 6.31. The Kier molecular flexibility index (Phi) is 6.38. The lowest BCUT2D eigenvalue weighted by atomic mass is 9.97. The maximum atomic E-state index is 14.5. The van der Waals surface area contributed by atoms with Crippen molar-refractivity contribution in [2.75, 3.05) is 24.5 Å². The summed E-state index contributed by atoms with van der Waals surface area (Å²) in [4.78, 5) is 19.7. The minimum Gasteiger partial charge on any atom is -0.351 e. The molecule has 2 aliphatic heterocycles. The number of halogens is 2. The van der Waals surface area contributed by atoms with Crippen molar-refractivity contribution in [1.82, 2.24) is 14.0 Å². The van der Waals surface area contributed by atoms with E-state index < -0.39 is 27.8 Å². The number of hydrogen-bond donors (Lipinski definition) is 2. The number of anilines is 1. The Morgan fingerprint density at radius 3 is 2.59 bits per heavy atom. The molecule has 34 heavy (non-hydrogen) atoms. The molecule has 3 N–H and O–H groups in total. The van der Waals surface area contributed by atoms with E-state index in [0.29, 0.717) is 13.0 Å². The third kappa shape index (κ3) is 4.64. The Morgan fingerprint density at radius 1 is 1.24 bits per heavy atom. The Balaban J connectivity index is 0.00000342. The Bertz CT molecular complexity index is 1230. The highest BCUT2D eigenvalue weighted by molar-refractivity contribution is 7.87. The van der Waals surface area contributed by atoms with Crippen molar-refractivity contribution in [3.63, 3.8) is 0 Å². The molecule has 0 spiro atoms. The van der Waals surface area contributed by atoms with E-state index in [1.54, 1.807) is 0 Å². The lowest BCUT2D eigenvalue weighted by Crippen LogP contribution is -2.44. The predicted molar refractivity (Wildman–Crippen MR) is 127 cm³/mol. The van der Waals surface area contributed by atoms with Gasteiger partial charge in [-0.1, -0.05) is 13.0 Å². The van der Waals surface area contributed by atoms with Crippen LogP contribution >= 0.6 is 0 Å². The van der Waals surface area contributed by atoms with Gasteiger partial charge in [-0.2, -0.15) is 12.7 Å². The molecular formula is C23H31F2N5O3S. The highest BCUT2D eigenvalue weighted by Crippen LogP contribution is 2.38. The fraction of sp³-hybridized carbons (Fsp3) is 0.478. The smallest absolute Gasteiger partial charge is 0.304 e. The van der Waals surface area contributed by atoms with Gasteiger partial charge in [-0.25, -0.2) is 18.5 Å². The molecule has 0 aliphatic carbocycles. The van der Waals surface area contributed by atoms with E-state index >= 15 is 0 Å². The van der Waals surface area contributed by atoms with E-state index in [1.165, 1.54) is 24.3 Å². The molecule has 1 amide bonds. The minimum absolute atomic E-state index is 0. The molecule has 2 atom stereocenters. The molecule has 4 rings (SSSR count). The van der Waals surface area contributed by atoms with Crippen LogP contribution < -0.4 is 15.4 Å². The number of carbonyl (C=O) groups excluding carboxylic acids is 1. The number of nitrogens with one attached hydrogen (secondary N) is 1. The molecule has 3 heterocycles. The maximum absolute atomic E-state index is 14.5. The van der Waals surface area contributed by atoms with Gasteiger partial charge in [0.05, 0.1) is 11.3 Å². The number of rotatable bonds is 5. The molecule has 0 unspecified atom stereocenters. The van der Waals surface area contributed by atoms with Crippen LogP contribution in [0.25, 0.3) is 11.3 Å². The number of carbonyl (C=O) groups is 1. The molecule has 0 bridgehead atoms. The summed E-state index contributed by atoms with van der Waals surface area (Å²) in [6.07, 6.45) is 1.33. The molecule has 2 fully saturated rings. The van der Waals surface area contributed by atoms with Crippen molar-refractivity contribution in [2.24, 2.45) is 11.7 Å². The molecular weight excluding hydrogens is 464 g/mol. The van der Waals surface area contributed by atoms with Gasteiger partial charge in [0.25, 0.3) is 5.91 Å². The first-order valence-electron chi connectivity index (χ1n) is 11.2. The Labute approximate surface area is 199 Å². The second-order valence-corrected chi connectivity index (χ2v) is 11.4. The van der Waals surface area contributed by atoms with Gasteiger partial charge in [0.1, 0.15) is 5.82 Å². The van der Waals surface area contributed by atoms with Crippen LogP contribution in [0.2, 0.25) is 0 Å². The first-order chi connectivity index (χ1) is 15.9. The zero-order chi connectivity index (χ0) is 24.8. The first kappa shape index (κ1) is 24.5. The van der Waals surface area contributed by atoms with Crippen LogP contribution in [0.1, 0.15) is 45.4 Å². The van der Waals surface area contributed by atoms with Crippen molar-refractivity contribution in [3.05, 3.63) is 47.5 Å². The molecule has 11 heteroatoms. The van der Waals surface area contributed by atoms with Crippen molar-refractivity contribution < 1.29 is 23.4 Å². The highest BCUT2D eigenvalue weighted by atomic mass is 32.2. The Morgan fingerprint density at radius 2 is 1.97 bits per heavy atom. The molecule has 0 radical (unpaired) electrons. The summed E-state index contributed by atoms with van der Waals surface area (Å²) in [7, 11) is -4.10. The maximum Gasteiger partial charge on any atom is 0.304 e. The number of hydrogen-bond acceptors (Lipinski definition) is 6. The van der Waals surface area contributed by atoms with E-state index in [1.807, 2.05) is 18.7 Å². The van der Waals surface area contributed by atoms with Crippen molar-refractivity contribution >= 4 is 21.9 Å². The lowest BCUT2D eigenvalue weighted by molar-refractivity contribution is 0.0979. The van der Waals surface area contributed by atoms with Gasteiger partial charge >= 0.3 is 10.2 Å². The van der Waals surface area contributed by atoms with Gasteiger partial charge in [-0.15, -0.1) is 0 Å². The van der Waals surface area contributed by atoms with Crippen molar-refractivity contribution in [2.45, 2.75) is 45.2 Å². The summed E-state index contributed by atoms with van der Waals surface area (Å²) >= 11 is 0. The van der Waals surface area contributed by atoms with Crippen LogP contribution in [0.5, 0.6) is 0 Å². The molecule has 2 saturated heterocycles. The summed E-state index contributed by atoms with van der Waals surface area (Å²) in [5.74, 6) is -2.38. The third-order valence-electron chi connectivity index (χ3n) is 6.42. The van der Waals surface area contributed by atoms with Crippen molar-refractivity contribution in [3.8, 4) is 11.3 Å². The molecule has 1 aromatic carbocycles. The monoisotopic (exact) mass is 495 g/mol. The van der Waals surface area contributed by atoms with E-state index in [4.69, 9.17) is 5.73 Å². The minimum atomic E-state index is -4.10.